The number of anilines is 2. The van der Waals surface area contributed by atoms with E-state index in [2.05, 4.69) is 60.1 Å². The topological polar surface area (TPSA) is 37.8 Å². The molecule has 0 saturated carbocycles. The Hall–Kier alpha value is -0.690. The van der Waals surface area contributed by atoms with Gasteiger partial charge in [-0.1, -0.05) is 22.9 Å². The number of halogens is 3. The molecule has 0 aliphatic rings. The van der Waals surface area contributed by atoms with Crippen molar-refractivity contribution >= 4 is 76.5 Å². The van der Waals surface area contributed by atoms with Crippen molar-refractivity contribution in [2.24, 2.45) is 0 Å². The van der Waals surface area contributed by atoms with Crippen LogP contribution in [0.25, 0.3) is 10.2 Å². The lowest BCUT2D eigenvalue weighted by Gasteiger charge is -2.09. The molecule has 2 heterocycles. The molecular weight excluding hydrogens is 438 g/mol. The van der Waals surface area contributed by atoms with Crippen molar-refractivity contribution in [3.05, 3.63) is 43.4 Å². The van der Waals surface area contributed by atoms with Gasteiger partial charge in [-0.25, -0.2) is 4.98 Å². The Balaban J connectivity index is 2.08. The van der Waals surface area contributed by atoms with Crippen molar-refractivity contribution in [1.82, 2.24) is 9.97 Å². The number of aromatic nitrogens is 2. The third-order valence-corrected chi connectivity index (χ3v) is 5.44. The van der Waals surface area contributed by atoms with E-state index < -0.39 is 0 Å². The van der Waals surface area contributed by atoms with E-state index in [-0.39, 0.29) is 5.28 Å². The summed E-state index contributed by atoms with van der Waals surface area (Å²) in [6.07, 6.45) is 0.972. The van der Waals surface area contributed by atoms with E-state index in [1.165, 1.54) is 4.88 Å². The molecule has 0 saturated heterocycles. The van der Waals surface area contributed by atoms with Crippen molar-refractivity contribution in [3.8, 4) is 0 Å². The first-order valence-corrected chi connectivity index (χ1v) is 9.03. The van der Waals surface area contributed by atoms with Crippen LogP contribution in [0, 0.1) is 0 Å². The summed E-state index contributed by atoms with van der Waals surface area (Å²) in [6, 6.07) is 8.04. The predicted molar refractivity (Wildman–Crippen MR) is 96.9 cm³/mol. The molecule has 3 aromatic rings. The zero-order chi connectivity index (χ0) is 15.0. The average molecular weight is 448 g/mol. The smallest absolute Gasteiger partial charge is 0.225 e. The molecule has 0 fully saturated rings. The lowest BCUT2D eigenvalue weighted by molar-refractivity contribution is 1.19. The van der Waals surface area contributed by atoms with E-state index in [0.717, 1.165) is 37.1 Å². The number of nitrogens with zero attached hydrogens (tertiary/aromatic N) is 2. The van der Waals surface area contributed by atoms with Gasteiger partial charge in [0.1, 0.15) is 10.6 Å². The highest BCUT2D eigenvalue weighted by atomic mass is 79.9. The summed E-state index contributed by atoms with van der Waals surface area (Å²) < 4.78 is 1.96. The Bertz CT molecular complexity index is 819. The summed E-state index contributed by atoms with van der Waals surface area (Å²) in [7, 11) is 0. The minimum Gasteiger partial charge on any atom is -0.339 e. The van der Waals surface area contributed by atoms with Crippen LogP contribution in [0.15, 0.2) is 33.2 Å². The first kappa shape index (κ1) is 15.2. The van der Waals surface area contributed by atoms with Crippen molar-refractivity contribution in [2.45, 2.75) is 13.3 Å². The predicted octanol–water partition coefficient (Wildman–Crippen LogP) is 6.18. The van der Waals surface area contributed by atoms with Crippen LogP contribution in [-0.2, 0) is 6.42 Å². The highest BCUT2D eigenvalue weighted by Gasteiger charge is 2.12. The van der Waals surface area contributed by atoms with Gasteiger partial charge in [0.05, 0.1) is 11.1 Å². The van der Waals surface area contributed by atoms with Crippen LogP contribution in [0.2, 0.25) is 5.28 Å². The van der Waals surface area contributed by atoms with Gasteiger partial charge in [-0.15, -0.1) is 11.3 Å². The first-order valence-electron chi connectivity index (χ1n) is 6.25. The monoisotopic (exact) mass is 445 g/mol. The number of fused-ring (bicyclic) bond motifs is 1. The number of aryl methyl sites for hydroxylation is 1. The maximum absolute atomic E-state index is 6.03. The number of nitrogens with one attached hydrogen (secondary N) is 1. The van der Waals surface area contributed by atoms with Crippen molar-refractivity contribution in [1.29, 1.82) is 0 Å². The summed E-state index contributed by atoms with van der Waals surface area (Å²) in [6.45, 7) is 2.12. The van der Waals surface area contributed by atoms with Gasteiger partial charge in [-0.3, -0.25) is 0 Å². The van der Waals surface area contributed by atoms with Crippen LogP contribution in [0.1, 0.15) is 11.8 Å². The van der Waals surface area contributed by atoms with E-state index >= 15 is 0 Å². The standard InChI is InChI=1S/C14H10Br2ClN3S/c1-2-8-6-9-12(19-14(17)20-13(9)21-8)18-11-4-3-7(15)5-10(11)16/h3-6H,2H2,1H3,(H,18,19,20). The molecule has 21 heavy (non-hydrogen) atoms. The summed E-state index contributed by atoms with van der Waals surface area (Å²) in [5.74, 6) is 0.726. The first-order chi connectivity index (χ1) is 10.1. The molecule has 0 unspecified atom stereocenters. The van der Waals surface area contributed by atoms with E-state index in [9.17, 15) is 0 Å². The quantitative estimate of drug-likeness (QED) is 0.488. The summed E-state index contributed by atoms with van der Waals surface area (Å²) in [5, 5.41) is 4.57. The number of hydrogen-bond acceptors (Lipinski definition) is 4. The van der Waals surface area contributed by atoms with Crippen LogP contribution < -0.4 is 5.32 Å². The van der Waals surface area contributed by atoms with Crippen molar-refractivity contribution in [3.63, 3.8) is 0 Å². The number of rotatable bonds is 3. The minimum atomic E-state index is 0.253. The van der Waals surface area contributed by atoms with Crippen LogP contribution in [0.4, 0.5) is 11.5 Å². The minimum absolute atomic E-state index is 0.253. The van der Waals surface area contributed by atoms with Gasteiger partial charge in [0.2, 0.25) is 5.28 Å². The SMILES string of the molecule is CCc1cc2c(Nc3ccc(Br)cc3Br)nc(Cl)nc2s1. The summed E-state index contributed by atoms with van der Waals surface area (Å²) in [5.41, 5.74) is 0.929. The molecule has 2 aromatic heterocycles. The average Bonchev–Trinajstić information content (AvgIpc) is 2.85. The Kier molecular flexibility index (Phi) is 4.49. The molecule has 1 aromatic carbocycles. The maximum Gasteiger partial charge on any atom is 0.225 e. The Morgan fingerprint density at radius 1 is 1.24 bits per heavy atom. The molecule has 0 aliphatic carbocycles. The van der Waals surface area contributed by atoms with Crippen LogP contribution in [0.5, 0.6) is 0 Å². The summed E-state index contributed by atoms with van der Waals surface area (Å²) >= 11 is 14.7. The lowest BCUT2D eigenvalue weighted by Crippen LogP contribution is -1.96. The van der Waals surface area contributed by atoms with Gasteiger partial charge in [0, 0.05) is 13.8 Å². The number of hydrogen-bond donors (Lipinski definition) is 1. The lowest BCUT2D eigenvalue weighted by atomic mass is 10.3. The Morgan fingerprint density at radius 2 is 2.05 bits per heavy atom. The van der Waals surface area contributed by atoms with Gasteiger partial charge < -0.3 is 5.32 Å². The van der Waals surface area contributed by atoms with E-state index in [4.69, 9.17) is 11.6 Å². The molecule has 0 atom stereocenters. The normalized spacial score (nSPS) is 11.0. The fraction of sp³-hybridized carbons (Fsp3) is 0.143. The van der Waals surface area contributed by atoms with E-state index in [1.54, 1.807) is 11.3 Å². The van der Waals surface area contributed by atoms with Crippen LogP contribution in [-0.4, -0.2) is 9.97 Å². The van der Waals surface area contributed by atoms with Crippen LogP contribution in [0.3, 0.4) is 0 Å². The number of benzene rings is 1. The molecular formula is C14H10Br2ClN3S. The highest BCUT2D eigenvalue weighted by Crippen LogP contribution is 2.34. The molecule has 0 radical (unpaired) electrons. The van der Waals surface area contributed by atoms with Crippen molar-refractivity contribution < 1.29 is 0 Å². The van der Waals surface area contributed by atoms with Gasteiger partial charge in [-0.2, -0.15) is 4.98 Å². The molecule has 0 spiro atoms. The van der Waals surface area contributed by atoms with E-state index in [1.807, 2.05) is 18.2 Å². The van der Waals surface area contributed by atoms with Crippen molar-refractivity contribution in [2.75, 3.05) is 5.32 Å². The second-order valence-electron chi connectivity index (χ2n) is 4.38. The van der Waals surface area contributed by atoms with Gasteiger partial charge >= 0.3 is 0 Å². The molecule has 7 heteroatoms. The summed E-state index contributed by atoms with van der Waals surface area (Å²) in [4.78, 5) is 10.8. The van der Waals surface area contributed by atoms with Gasteiger partial charge in [-0.05, 0) is 58.2 Å². The second kappa shape index (κ2) is 6.20. The third-order valence-electron chi connectivity index (χ3n) is 2.95. The molecule has 0 amide bonds. The zero-order valence-electron chi connectivity index (χ0n) is 11.0. The highest BCUT2D eigenvalue weighted by molar-refractivity contribution is 9.11. The fourth-order valence-electron chi connectivity index (χ4n) is 1.93. The molecule has 1 N–H and O–H groups in total. The second-order valence-corrected chi connectivity index (χ2v) is 7.60. The van der Waals surface area contributed by atoms with Crippen LogP contribution >= 0.6 is 54.8 Å². The molecule has 0 bridgehead atoms. The molecule has 108 valence electrons. The van der Waals surface area contributed by atoms with Gasteiger partial charge in [0.25, 0.3) is 0 Å². The Labute approximate surface area is 148 Å². The molecule has 3 rings (SSSR count). The van der Waals surface area contributed by atoms with E-state index in [0.29, 0.717) is 0 Å². The fourth-order valence-corrected chi connectivity index (χ4v) is 4.27. The largest absolute Gasteiger partial charge is 0.339 e. The van der Waals surface area contributed by atoms with Gasteiger partial charge in [0.15, 0.2) is 0 Å². The molecule has 0 aliphatic heterocycles. The third kappa shape index (κ3) is 3.23. The Morgan fingerprint density at radius 3 is 2.76 bits per heavy atom. The maximum atomic E-state index is 6.03. The molecule has 3 nitrogen and oxygen atoms in total. The zero-order valence-corrected chi connectivity index (χ0v) is 15.7. The number of thiophene rings is 1.